The molecule has 3 heterocycles. The van der Waals surface area contributed by atoms with Crippen LogP contribution in [0.15, 0.2) is 47.8 Å². The smallest absolute Gasteiger partial charge is 0.266 e. The van der Waals surface area contributed by atoms with Crippen molar-refractivity contribution in [2.45, 2.75) is 13.5 Å². The van der Waals surface area contributed by atoms with E-state index in [9.17, 15) is 9.59 Å². The molecule has 3 aromatic heterocycles. The second-order valence-corrected chi connectivity index (χ2v) is 8.03. The Labute approximate surface area is 163 Å². The fourth-order valence-electron chi connectivity index (χ4n) is 2.57. The minimum atomic E-state index is -0.211. The molecule has 0 atom stereocenters. The molecule has 8 heteroatoms. The summed E-state index contributed by atoms with van der Waals surface area (Å²) in [5.41, 5.74) is 2.95. The zero-order chi connectivity index (χ0) is 18.8. The lowest BCUT2D eigenvalue weighted by Gasteiger charge is -2.04. The van der Waals surface area contributed by atoms with Gasteiger partial charge in [-0.3, -0.25) is 14.7 Å². The standard InChI is InChI=1S/C19H16N4O2S2/c1-11-4-6-12(7-5-11)10-20-18(24)15-9-13-16(27-15)17(23-22-13)21-19(25)14-3-2-8-26-14/h2-9H,10H2,1H3,(H,20,24)(H2,21,22,23,25). The van der Waals surface area contributed by atoms with Gasteiger partial charge in [-0.1, -0.05) is 35.9 Å². The van der Waals surface area contributed by atoms with Crippen LogP contribution in [0.25, 0.3) is 10.2 Å². The highest BCUT2D eigenvalue weighted by Gasteiger charge is 2.17. The Bertz CT molecular complexity index is 1090. The van der Waals surface area contributed by atoms with Crippen LogP contribution >= 0.6 is 22.7 Å². The molecule has 3 N–H and O–H groups in total. The average Bonchev–Trinajstić information content (AvgIpc) is 3.39. The van der Waals surface area contributed by atoms with Gasteiger partial charge in [0.1, 0.15) is 0 Å². The number of amides is 2. The summed E-state index contributed by atoms with van der Waals surface area (Å²) < 4.78 is 0.750. The maximum Gasteiger partial charge on any atom is 0.266 e. The van der Waals surface area contributed by atoms with E-state index in [-0.39, 0.29) is 11.8 Å². The van der Waals surface area contributed by atoms with Gasteiger partial charge in [-0.2, -0.15) is 5.10 Å². The molecule has 0 spiro atoms. The predicted octanol–water partition coefficient (Wildman–Crippen LogP) is 4.18. The first-order chi connectivity index (χ1) is 13.1. The number of nitrogens with zero attached hydrogens (tertiary/aromatic N) is 1. The van der Waals surface area contributed by atoms with Crippen LogP contribution in [0.3, 0.4) is 0 Å². The van der Waals surface area contributed by atoms with Gasteiger partial charge in [-0.25, -0.2) is 0 Å². The number of carbonyl (C=O) groups is 2. The van der Waals surface area contributed by atoms with Gasteiger partial charge in [0.15, 0.2) is 5.82 Å². The van der Waals surface area contributed by atoms with E-state index < -0.39 is 0 Å². The van der Waals surface area contributed by atoms with Crippen molar-refractivity contribution >= 4 is 50.5 Å². The van der Waals surface area contributed by atoms with E-state index in [2.05, 4.69) is 20.8 Å². The lowest BCUT2D eigenvalue weighted by Crippen LogP contribution is -2.21. The van der Waals surface area contributed by atoms with Gasteiger partial charge >= 0.3 is 0 Å². The molecule has 0 radical (unpaired) electrons. The van der Waals surface area contributed by atoms with Gasteiger partial charge < -0.3 is 10.6 Å². The molecular formula is C19H16N4O2S2. The molecule has 0 aliphatic heterocycles. The van der Waals surface area contributed by atoms with Gasteiger partial charge in [0, 0.05) is 6.54 Å². The van der Waals surface area contributed by atoms with E-state index in [0.29, 0.717) is 22.1 Å². The normalized spacial score (nSPS) is 10.9. The maximum atomic E-state index is 12.5. The molecule has 4 aromatic rings. The molecule has 0 unspecified atom stereocenters. The van der Waals surface area contributed by atoms with Crippen molar-refractivity contribution in [3.63, 3.8) is 0 Å². The number of hydrogen-bond acceptors (Lipinski definition) is 5. The number of anilines is 1. The van der Waals surface area contributed by atoms with E-state index in [1.165, 1.54) is 28.2 Å². The van der Waals surface area contributed by atoms with Gasteiger partial charge in [-0.05, 0) is 30.0 Å². The molecule has 6 nitrogen and oxygen atoms in total. The number of benzene rings is 1. The third-order valence-electron chi connectivity index (χ3n) is 4.01. The van der Waals surface area contributed by atoms with Crippen LogP contribution in [0.4, 0.5) is 5.82 Å². The number of aryl methyl sites for hydroxylation is 1. The summed E-state index contributed by atoms with van der Waals surface area (Å²) in [6.45, 7) is 2.49. The van der Waals surface area contributed by atoms with E-state index >= 15 is 0 Å². The summed E-state index contributed by atoms with van der Waals surface area (Å²) in [7, 11) is 0. The minimum absolute atomic E-state index is 0.152. The van der Waals surface area contributed by atoms with Crippen LogP contribution in [0.5, 0.6) is 0 Å². The van der Waals surface area contributed by atoms with Crippen molar-refractivity contribution < 1.29 is 9.59 Å². The lowest BCUT2D eigenvalue weighted by atomic mass is 10.1. The van der Waals surface area contributed by atoms with E-state index in [0.717, 1.165) is 15.8 Å². The first-order valence-electron chi connectivity index (χ1n) is 8.26. The number of carbonyl (C=O) groups excluding carboxylic acids is 2. The van der Waals surface area contributed by atoms with Crippen molar-refractivity contribution in [3.8, 4) is 0 Å². The Morgan fingerprint density at radius 3 is 2.67 bits per heavy atom. The summed E-state index contributed by atoms with van der Waals surface area (Å²) in [5.74, 6) is 0.0730. The van der Waals surface area contributed by atoms with Crippen molar-refractivity contribution in [1.29, 1.82) is 0 Å². The van der Waals surface area contributed by atoms with Crippen LogP contribution in [0.1, 0.15) is 30.5 Å². The summed E-state index contributed by atoms with van der Waals surface area (Å²) in [6, 6.07) is 13.4. The molecule has 1 aromatic carbocycles. The fourth-order valence-corrected chi connectivity index (χ4v) is 4.15. The number of H-pyrrole nitrogens is 1. The third kappa shape index (κ3) is 3.76. The van der Waals surface area contributed by atoms with Crippen LogP contribution in [0.2, 0.25) is 0 Å². The number of aromatic nitrogens is 2. The van der Waals surface area contributed by atoms with Crippen molar-refractivity contribution in [1.82, 2.24) is 15.5 Å². The minimum Gasteiger partial charge on any atom is -0.347 e. The highest BCUT2D eigenvalue weighted by molar-refractivity contribution is 7.21. The quantitative estimate of drug-likeness (QED) is 0.473. The van der Waals surface area contributed by atoms with Crippen LogP contribution in [0, 0.1) is 6.92 Å². The molecule has 2 amide bonds. The third-order valence-corrected chi connectivity index (χ3v) is 6.02. The molecule has 0 saturated carbocycles. The SMILES string of the molecule is Cc1ccc(CNC(=O)c2cc3[nH]nc(NC(=O)c4cccs4)c3s2)cc1. The molecule has 0 fully saturated rings. The average molecular weight is 396 g/mol. The zero-order valence-electron chi connectivity index (χ0n) is 14.4. The van der Waals surface area contributed by atoms with Gasteiger partial charge in [0.05, 0.1) is 20.0 Å². The molecule has 0 aliphatic rings. The number of hydrogen-bond donors (Lipinski definition) is 3. The second kappa shape index (κ2) is 7.34. The Morgan fingerprint density at radius 1 is 1.11 bits per heavy atom. The first-order valence-corrected chi connectivity index (χ1v) is 9.96. The zero-order valence-corrected chi connectivity index (χ0v) is 16.0. The molecule has 27 heavy (non-hydrogen) atoms. The summed E-state index contributed by atoms with van der Waals surface area (Å²) in [6.07, 6.45) is 0. The molecule has 0 aliphatic carbocycles. The Morgan fingerprint density at radius 2 is 1.93 bits per heavy atom. The molecular weight excluding hydrogens is 380 g/mol. The van der Waals surface area contributed by atoms with Gasteiger partial charge in [0.2, 0.25) is 0 Å². The fraction of sp³-hybridized carbons (Fsp3) is 0.105. The van der Waals surface area contributed by atoms with Crippen LogP contribution < -0.4 is 10.6 Å². The second-order valence-electron chi connectivity index (χ2n) is 6.03. The molecule has 0 saturated heterocycles. The number of nitrogens with one attached hydrogen (secondary N) is 3. The number of thiophene rings is 2. The maximum absolute atomic E-state index is 12.5. The summed E-state index contributed by atoms with van der Waals surface area (Å²) in [4.78, 5) is 25.8. The number of rotatable bonds is 5. The monoisotopic (exact) mass is 396 g/mol. The van der Waals surface area contributed by atoms with Gasteiger partial charge in [-0.15, -0.1) is 22.7 Å². The summed E-state index contributed by atoms with van der Waals surface area (Å²) in [5, 5.41) is 14.6. The van der Waals surface area contributed by atoms with Crippen molar-refractivity contribution in [2.24, 2.45) is 0 Å². The molecule has 0 bridgehead atoms. The number of aromatic amines is 1. The summed E-state index contributed by atoms with van der Waals surface area (Å²) >= 11 is 2.66. The lowest BCUT2D eigenvalue weighted by molar-refractivity contribution is 0.0954. The first kappa shape index (κ1) is 17.4. The largest absolute Gasteiger partial charge is 0.347 e. The van der Waals surface area contributed by atoms with Crippen molar-refractivity contribution in [2.75, 3.05) is 5.32 Å². The predicted molar refractivity (Wildman–Crippen MR) is 109 cm³/mol. The molecule has 4 rings (SSSR count). The van der Waals surface area contributed by atoms with Crippen molar-refractivity contribution in [3.05, 3.63) is 68.7 Å². The van der Waals surface area contributed by atoms with Gasteiger partial charge in [0.25, 0.3) is 11.8 Å². The molecule has 136 valence electrons. The van der Waals surface area contributed by atoms with E-state index in [1.54, 1.807) is 12.1 Å². The van der Waals surface area contributed by atoms with Crippen LogP contribution in [-0.4, -0.2) is 22.0 Å². The Balaban J connectivity index is 1.46. The van der Waals surface area contributed by atoms with E-state index in [1.807, 2.05) is 42.6 Å². The van der Waals surface area contributed by atoms with E-state index in [4.69, 9.17) is 0 Å². The Hall–Kier alpha value is -2.97. The topological polar surface area (TPSA) is 86.9 Å². The van der Waals surface area contributed by atoms with Crippen LogP contribution in [-0.2, 0) is 6.54 Å². The Kier molecular flexibility index (Phi) is 4.74. The number of fused-ring (bicyclic) bond motifs is 1. The highest BCUT2D eigenvalue weighted by Crippen LogP contribution is 2.30. The highest BCUT2D eigenvalue weighted by atomic mass is 32.1.